The van der Waals surface area contributed by atoms with Gasteiger partial charge in [0, 0.05) is 17.1 Å². The van der Waals surface area contributed by atoms with Gasteiger partial charge in [0.15, 0.2) is 0 Å². The molecule has 0 atom stereocenters. The normalized spacial score (nSPS) is 13.5. The molecule has 0 aliphatic heterocycles. The van der Waals surface area contributed by atoms with Crippen molar-refractivity contribution in [3.63, 3.8) is 0 Å². The van der Waals surface area contributed by atoms with E-state index in [4.69, 9.17) is 0 Å². The first-order chi connectivity index (χ1) is 26.0. The average Bonchev–Trinajstić information content (AvgIpc) is 3.49. The Morgan fingerprint density at radius 1 is 0.389 bits per heavy atom. The summed E-state index contributed by atoms with van der Waals surface area (Å²) in [5, 5.41) is 8.10. The van der Waals surface area contributed by atoms with Gasteiger partial charge in [-0.3, -0.25) is 0 Å². The Kier molecular flexibility index (Phi) is 8.15. The van der Waals surface area contributed by atoms with Crippen LogP contribution in [0.4, 0.5) is 17.1 Å². The van der Waals surface area contributed by atoms with Crippen molar-refractivity contribution in [1.29, 1.82) is 0 Å². The molecule has 264 valence electrons. The zero-order valence-electron chi connectivity index (χ0n) is 32.2. The van der Waals surface area contributed by atoms with Gasteiger partial charge in [0.1, 0.15) is 0 Å². The first-order valence-electron chi connectivity index (χ1n) is 19.3. The summed E-state index contributed by atoms with van der Waals surface area (Å²) in [7, 11) is -2.95. The van der Waals surface area contributed by atoms with Gasteiger partial charge in [-0.15, -0.1) is 0 Å². The minimum absolute atomic E-state index is 0.516. The Balaban J connectivity index is 1.35. The fourth-order valence-electron chi connectivity index (χ4n) is 8.87. The zero-order chi connectivity index (χ0) is 37.2. The van der Waals surface area contributed by atoms with E-state index in [0.717, 1.165) is 5.69 Å². The van der Waals surface area contributed by atoms with E-state index in [1.807, 2.05) is 0 Å². The van der Waals surface area contributed by atoms with Crippen molar-refractivity contribution < 1.29 is 0 Å². The Hall–Kier alpha value is -5.49. The van der Waals surface area contributed by atoms with E-state index in [1.54, 1.807) is 0 Å². The summed E-state index contributed by atoms with van der Waals surface area (Å²) < 4.78 is 0. The van der Waals surface area contributed by atoms with Crippen LogP contribution >= 0.6 is 0 Å². The summed E-state index contributed by atoms with van der Waals surface area (Å²) in [4.78, 5) is 2.47. The SMILES string of the molecule is C[Si](C)(C)c1ccc(N(c2ccc([Si](C)(C)C)cc2)c2ccc3c(c2)C(c2ccccc2)(c2ccccc2)c2ccc4c(ccc5ccccc54)c2-3)cc1. The lowest BCUT2D eigenvalue weighted by Gasteiger charge is -2.35. The molecule has 8 aromatic carbocycles. The number of hydrogen-bond acceptors (Lipinski definition) is 1. The molecule has 0 amide bonds. The maximum absolute atomic E-state index is 2.50. The fraction of sp³-hybridized carbons (Fsp3) is 0.137. The number of anilines is 3. The van der Waals surface area contributed by atoms with Gasteiger partial charge in [0.05, 0.1) is 21.6 Å². The van der Waals surface area contributed by atoms with Crippen molar-refractivity contribution >= 4 is 65.1 Å². The van der Waals surface area contributed by atoms with Gasteiger partial charge in [-0.05, 0) is 91.3 Å². The highest BCUT2D eigenvalue weighted by Gasteiger charge is 2.47. The third kappa shape index (κ3) is 5.49. The third-order valence-electron chi connectivity index (χ3n) is 11.7. The first-order valence-corrected chi connectivity index (χ1v) is 26.3. The van der Waals surface area contributed by atoms with Crippen molar-refractivity contribution in [3.05, 3.63) is 198 Å². The second-order valence-electron chi connectivity index (χ2n) is 17.0. The van der Waals surface area contributed by atoms with Crippen LogP contribution in [0.3, 0.4) is 0 Å². The van der Waals surface area contributed by atoms with Gasteiger partial charge in [-0.25, -0.2) is 0 Å². The largest absolute Gasteiger partial charge is 0.310 e. The van der Waals surface area contributed by atoms with Crippen molar-refractivity contribution in [3.8, 4) is 11.1 Å². The van der Waals surface area contributed by atoms with E-state index >= 15 is 0 Å². The lowest BCUT2D eigenvalue weighted by molar-refractivity contribution is 0.769. The Bertz CT molecular complexity index is 2550. The zero-order valence-corrected chi connectivity index (χ0v) is 34.2. The molecule has 0 bridgehead atoms. The molecule has 8 aromatic rings. The molecule has 0 fully saturated rings. The Morgan fingerprint density at radius 3 is 1.44 bits per heavy atom. The summed E-state index contributed by atoms with van der Waals surface area (Å²) in [6.07, 6.45) is 0. The highest BCUT2D eigenvalue weighted by atomic mass is 28.3. The molecule has 54 heavy (non-hydrogen) atoms. The number of fused-ring (bicyclic) bond motifs is 7. The predicted molar refractivity (Wildman–Crippen MR) is 239 cm³/mol. The molecule has 0 heterocycles. The molecule has 0 aromatic heterocycles. The Morgan fingerprint density at radius 2 is 0.889 bits per heavy atom. The van der Waals surface area contributed by atoms with Gasteiger partial charge in [0.2, 0.25) is 0 Å². The third-order valence-corrected chi connectivity index (χ3v) is 15.8. The number of benzene rings is 8. The van der Waals surface area contributed by atoms with Crippen LogP contribution in [0.2, 0.25) is 39.3 Å². The van der Waals surface area contributed by atoms with E-state index in [9.17, 15) is 0 Å². The molecule has 0 N–H and O–H groups in total. The molecular weight excluding hydrogens is 683 g/mol. The highest BCUT2D eigenvalue weighted by molar-refractivity contribution is 6.89. The molecule has 0 saturated carbocycles. The van der Waals surface area contributed by atoms with Crippen LogP contribution in [-0.2, 0) is 5.41 Å². The monoisotopic (exact) mass is 729 g/mol. The van der Waals surface area contributed by atoms with Crippen LogP contribution in [0.5, 0.6) is 0 Å². The second kappa shape index (κ2) is 12.8. The van der Waals surface area contributed by atoms with E-state index in [0.29, 0.717) is 0 Å². The van der Waals surface area contributed by atoms with Gasteiger partial charge < -0.3 is 4.90 Å². The van der Waals surface area contributed by atoms with Crippen LogP contribution < -0.4 is 15.3 Å². The molecule has 1 aliphatic carbocycles. The van der Waals surface area contributed by atoms with Gasteiger partial charge in [0.25, 0.3) is 0 Å². The maximum Gasteiger partial charge on any atom is 0.0775 e. The van der Waals surface area contributed by atoms with E-state index in [-0.39, 0.29) is 0 Å². The lowest BCUT2D eigenvalue weighted by Crippen LogP contribution is -2.37. The second-order valence-corrected chi connectivity index (χ2v) is 27.2. The van der Waals surface area contributed by atoms with Gasteiger partial charge >= 0.3 is 0 Å². The quantitative estimate of drug-likeness (QED) is 0.117. The minimum atomic E-state index is -1.48. The first kappa shape index (κ1) is 34.3. The van der Waals surface area contributed by atoms with Crippen molar-refractivity contribution in [1.82, 2.24) is 0 Å². The van der Waals surface area contributed by atoms with E-state index in [2.05, 4.69) is 220 Å². The van der Waals surface area contributed by atoms with Crippen molar-refractivity contribution in [2.75, 3.05) is 4.90 Å². The summed E-state index contributed by atoms with van der Waals surface area (Å²) in [6.45, 7) is 14.5. The van der Waals surface area contributed by atoms with Crippen LogP contribution in [0, 0.1) is 0 Å². The molecule has 9 rings (SSSR count). The summed E-state index contributed by atoms with van der Waals surface area (Å²) >= 11 is 0. The van der Waals surface area contributed by atoms with E-state index < -0.39 is 21.6 Å². The molecule has 1 nitrogen and oxygen atoms in total. The summed E-state index contributed by atoms with van der Waals surface area (Å²) in [6, 6.07) is 66.7. The van der Waals surface area contributed by atoms with Crippen molar-refractivity contribution in [2.24, 2.45) is 0 Å². The predicted octanol–water partition coefficient (Wildman–Crippen LogP) is 12.9. The van der Waals surface area contributed by atoms with Gasteiger partial charge in [-0.2, -0.15) is 0 Å². The van der Waals surface area contributed by atoms with Gasteiger partial charge in [-0.1, -0.05) is 189 Å². The smallest absolute Gasteiger partial charge is 0.0775 e. The minimum Gasteiger partial charge on any atom is -0.310 e. The molecule has 3 heteroatoms. The molecule has 0 radical (unpaired) electrons. The average molecular weight is 730 g/mol. The van der Waals surface area contributed by atoms with Crippen molar-refractivity contribution in [2.45, 2.75) is 44.7 Å². The molecule has 1 aliphatic rings. The molecular formula is C51H47NSi2. The highest BCUT2D eigenvalue weighted by Crippen LogP contribution is 2.59. The standard InChI is InChI=1S/C51H47NSi2/c1-53(2,3)42-27-22-39(23-28-42)52(40-24-29-43(30-25-40)54(4,5)6)41-26-32-47-49(35-41)51(37-16-9-7-10-17-37,38-18-11-8-12-19-38)48-34-33-45-44-20-14-13-15-36(44)21-31-46(45)50(47)48/h7-35H,1-6H3. The van der Waals surface area contributed by atoms with Crippen LogP contribution in [0.25, 0.3) is 32.7 Å². The van der Waals surface area contributed by atoms with Crippen LogP contribution in [-0.4, -0.2) is 16.1 Å². The number of rotatable bonds is 7. The lowest BCUT2D eigenvalue weighted by atomic mass is 9.67. The summed E-state index contributed by atoms with van der Waals surface area (Å²) in [5.41, 5.74) is 10.8. The molecule has 0 spiro atoms. The maximum atomic E-state index is 2.50. The van der Waals surface area contributed by atoms with E-state index in [1.165, 1.54) is 76.7 Å². The number of hydrogen-bond donors (Lipinski definition) is 0. The topological polar surface area (TPSA) is 3.24 Å². The summed E-state index contributed by atoms with van der Waals surface area (Å²) in [5.74, 6) is 0. The molecule has 0 saturated heterocycles. The molecule has 0 unspecified atom stereocenters. The number of nitrogens with zero attached hydrogens (tertiary/aromatic N) is 1. The fourth-order valence-corrected chi connectivity index (χ4v) is 11.2. The Labute approximate surface area is 322 Å². The van der Waals surface area contributed by atoms with Crippen LogP contribution in [0.1, 0.15) is 22.3 Å². The van der Waals surface area contributed by atoms with Crippen LogP contribution in [0.15, 0.2) is 176 Å².